The first-order chi connectivity index (χ1) is 7.99. The third kappa shape index (κ3) is 4.88. The summed E-state index contributed by atoms with van der Waals surface area (Å²) in [4.78, 5) is 0. The zero-order valence-corrected chi connectivity index (χ0v) is 13.3. The molecule has 0 fully saturated rings. The second kappa shape index (κ2) is 7.10. The molecular weight excluding hydrogens is 346 g/mol. The van der Waals surface area contributed by atoms with Crippen LogP contribution in [0.25, 0.3) is 0 Å². The number of thioether (sulfide) groups is 1. The van der Waals surface area contributed by atoms with Gasteiger partial charge in [0, 0.05) is 11.8 Å². The Balaban J connectivity index is 2.51. The fourth-order valence-corrected chi connectivity index (χ4v) is 4.76. The van der Waals surface area contributed by atoms with Crippen molar-refractivity contribution in [3.63, 3.8) is 0 Å². The Morgan fingerprint density at radius 3 is 2.76 bits per heavy atom. The zero-order valence-electron chi connectivity index (χ0n) is 9.22. The van der Waals surface area contributed by atoms with Gasteiger partial charge in [-0.25, -0.2) is 13.1 Å². The Bertz CT molecular complexity index is 442. The van der Waals surface area contributed by atoms with Crippen LogP contribution in [-0.4, -0.2) is 38.2 Å². The minimum atomic E-state index is -3.40. The monoisotopic (exact) mass is 359 g/mol. The summed E-state index contributed by atoms with van der Waals surface area (Å²) >= 11 is 5.94. The summed E-state index contributed by atoms with van der Waals surface area (Å²) in [5, 5.41) is 9.05. The number of hydrogen-bond acceptors (Lipinski definition) is 5. The van der Waals surface area contributed by atoms with Crippen LogP contribution in [0.15, 0.2) is 20.1 Å². The van der Waals surface area contributed by atoms with Crippen molar-refractivity contribution in [3.05, 3.63) is 15.9 Å². The van der Waals surface area contributed by atoms with Crippen molar-refractivity contribution < 1.29 is 13.5 Å². The summed E-state index contributed by atoms with van der Waals surface area (Å²) in [6.07, 6.45) is 2.51. The van der Waals surface area contributed by atoms with Crippen LogP contribution in [0.1, 0.15) is 6.42 Å². The summed E-state index contributed by atoms with van der Waals surface area (Å²) in [6, 6.07) is 3.27. The number of thiophene rings is 1. The Morgan fingerprint density at radius 2 is 2.29 bits per heavy atom. The molecular formula is C9H14BrNO3S3. The van der Waals surface area contributed by atoms with Crippen LogP contribution in [0, 0.1) is 0 Å². The average molecular weight is 360 g/mol. The third-order valence-electron chi connectivity index (χ3n) is 2.11. The molecule has 1 rings (SSSR count). The van der Waals surface area contributed by atoms with E-state index in [4.69, 9.17) is 5.11 Å². The van der Waals surface area contributed by atoms with E-state index in [1.165, 1.54) is 23.1 Å². The Morgan fingerprint density at radius 1 is 1.59 bits per heavy atom. The maximum Gasteiger partial charge on any atom is 0.250 e. The van der Waals surface area contributed by atoms with E-state index in [9.17, 15) is 8.42 Å². The maximum atomic E-state index is 11.8. The molecule has 0 unspecified atom stereocenters. The molecule has 0 saturated carbocycles. The molecule has 98 valence electrons. The van der Waals surface area contributed by atoms with E-state index >= 15 is 0 Å². The molecule has 0 aliphatic carbocycles. The van der Waals surface area contributed by atoms with Crippen molar-refractivity contribution in [1.29, 1.82) is 0 Å². The minimum absolute atomic E-state index is 0.0629. The van der Waals surface area contributed by atoms with Crippen molar-refractivity contribution in [1.82, 2.24) is 4.72 Å². The smallest absolute Gasteiger partial charge is 0.250 e. The van der Waals surface area contributed by atoms with Gasteiger partial charge >= 0.3 is 0 Å². The molecule has 0 saturated heterocycles. The van der Waals surface area contributed by atoms with E-state index in [0.29, 0.717) is 17.2 Å². The molecule has 0 spiro atoms. The molecule has 4 nitrogen and oxygen atoms in total. The summed E-state index contributed by atoms with van der Waals surface area (Å²) in [5.74, 6) is 0. The van der Waals surface area contributed by atoms with Gasteiger partial charge in [0.1, 0.15) is 4.21 Å². The van der Waals surface area contributed by atoms with Gasteiger partial charge in [-0.15, -0.1) is 11.3 Å². The van der Waals surface area contributed by atoms with Gasteiger partial charge in [0.2, 0.25) is 10.0 Å². The predicted octanol–water partition coefficient (Wildman–Crippen LogP) is 1.90. The van der Waals surface area contributed by atoms with Crippen LogP contribution in [0.2, 0.25) is 0 Å². The molecule has 2 N–H and O–H groups in total. The summed E-state index contributed by atoms with van der Waals surface area (Å²) in [7, 11) is -3.40. The van der Waals surface area contributed by atoms with Gasteiger partial charge in [0.15, 0.2) is 0 Å². The molecule has 0 amide bonds. The van der Waals surface area contributed by atoms with Crippen LogP contribution in [0.3, 0.4) is 0 Å². The van der Waals surface area contributed by atoms with Crippen LogP contribution in [-0.2, 0) is 10.0 Å². The molecule has 1 heterocycles. The van der Waals surface area contributed by atoms with Gasteiger partial charge in [-0.1, -0.05) is 0 Å². The Kier molecular flexibility index (Phi) is 6.46. The van der Waals surface area contributed by atoms with E-state index in [2.05, 4.69) is 20.7 Å². The van der Waals surface area contributed by atoms with E-state index in [1.807, 2.05) is 6.26 Å². The number of nitrogens with one attached hydrogen (secondary N) is 1. The third-order valence-corrected chi connectivity index (χ3v) is 6.74. The Labute approximate surface area is 118 Å². The number of halogens is 1. The number of aliphatic hydroxyl groups is 1. The topological polar surface area (TPSA) is 66.4 Å². The number of sulfonamides is 1. The fraction of sp³-hybridized carbons (Fsp3) is 0.556. The first-order valence-electron chi connectivity index (χ1n) is 4.88. The quantitative estimate of drug-likeness (QED) is 0.780. The van der Waals surface area contributed by atoms with Crippen molar-refractivity contribution in [2.45, 2.75) is 15.9 Å². The largest absolute Gasteiger partial charge is 0.395 e. The molecule has 8 heteroatoms. The molecule has 0 aliphatic rings. The number of rotatable bonds is 7. The molecule has 0 bridgehead atoms. The van der Waals surface area contributed by atoms with Crippen LogP contribution in [0.4, 0.5) is 0 Å². The number of aliphatic hydroxyl groups excluding tert-OH is 1. The molecule has 1 atom stereocenters. The summed E-state index contributed by atoms with van der Waals surface area (Å²) in [5.41, 5.74) is 0. The van der Waals surface area contributed by atoms with E-state index in [1.54, 1.807) is 12.1 Å². The molecule has 17 heavy (non-hydrogen) atoms. The van der Waals surface area contributed by atoms with Gasteiger partial charge in [0.25, 0.3) is 0 Å². The fourth-order valence-electron chi connectivity index (χ4n) is 1.15. The van der Waals surface area contributed by atoms with E-state index in [-0.39, 0.29) is 11.9 Å². The molecule has 1 aromatic heterocycles. The summed E-state index contributed by atoms with van der Waals surface area (Å²) < 4.78 is 27.2. The zero-order chi connectivity index (χ0) is 12.9. The van der Waals surface area contributed by atoms with Gasteiger partial charge < -0.3 is 5.11 Å². The van der Waals surface area contributed by atoms with Crippen molar-refractivity contribution >= 4 is 49.1 Å². The second-order valence-electron chi connectivity index (χ2n) is 3.29. The minimum Gasteiger partial charge on any atom is -0.395 e. The molecule has 0 radical (unpaired) electrons. The van der Waals surface area contributed by atoms with Gasteiger partial charge in [0.05, 0.1) is 10.4 Å². The normalized spacial score (nSPS) is 13.8. The van der Waals surface area contributed by atoms with Crippen LogP contribution in [0.5, 0.6) is 0 Å². The highest BCUT2D eigenvalue weighted by Gasteiger charge is 2.16. The van der Waals surface area contributed by atoms with Crippen molar-refractivity contribution in [2.24, 2.45) is 0 Å². The standard InChI is InChI=1S/C9H14BrNO3S3/c1-15-7(6-12)4-5-11-17(13,14)9-3-2-8(10)16-9/h2-3,7,11-12H,4-6H2,1H3/t7-/m0/s1. The molecule has 0 aromatic carbocycles. The lowest BCUT2D eigenvalue weighted by molar-refractivity contribution is 0.291. The van der Waals surface area contributed by atoms with Crippen molar-refractivity contribution in [2.75, 3.05) is 19.4 Å². The van der Waals surface area contributed by atoms with E-state index in [0.717, 1.165) is 3.79 Å². The van der Waals surface area contributed by atoms with Gasteiger partial charge in [-0.3, -0.25) is 0 Å². The molecule has 1 aromatic rings. The maximum absolute atomic E-state index is 11.8. The highest BCUT2D eigenvalue weighted by molar-refractivity contribution is 9.11. The highest BCUT2D eigenvalue weighted by atomic mass is 79.9. The van der Waals surface area contributed by atoms with E-state index < -0.39 is 10.0 Å². The van der Waals surface area contributed by atoms with Crippen LogP contribution < -0.4 is 4.72 Å². The average Bonchev–Trinajstić information content (AvgIpc) is 2.72. The van der Waals surface area contributed by atoms with Crippen LogP contribution >= 0.6 is 39.0 Å². The molecule has 0 aliphatic heterocycles. The lowest BCUT2D eigenvalue weighted by Gasteiger charge is -2.11. The SMILES string of the molecule is CS[C@H](CO)CCNS(=O)(=O)c1ccc(Br)s1. The first-order valence-corrected chi connectivity index (χ1v) is 9.26. The first kappa shape index (κ1) is 15.5. The summed E-state index contributed by atoms with van der Waals surface area (Å²) in [6.45, 7) is 0.400. The second-order valence-corrected chi connectivity index (χ2v) is 8.88. The Hall–Kier alpha value is 0.400. The number of hydrogen-bond donors (Lipinski definition) is 2. The lowest BCUT2D eigenvalue weighted by atomic mass is 10.3. The van der Waals surface area contributed by atoms with Crippen molar-refractivity contribution in [3.8, 4) is 0 Å². The van der Waals surface area contributed by atoms with Gasteiger partial charge in [-0.2, -0.15) is 11.8 Å². The lowest BCUT2D eigenvalue weighted by Crippen LogP contribution is -2.26. The predicted molar refractivity (Wildman–Crippen MR) is 76.2 cm³/mol. The van der Waals surface area contributed by atoms with Gasteiger partial charge in [-0.05, 0) is 40.7 Å². The highest BCUT2D eigenvalue weighted by Crippen LogP contribution is 2.25.